The molecule has 0 bridgehead atoms. The van der Waals surface area contributed by atoms with E-state index in [2.05, 4.69) is 47.5 Å². The number of para-hydroxylation sites is 1. The van der Waals surface area contributed by atoms with Crippen molar-refractivity contribution in [1.29, 1.82) is 0 Å². The molecule has 0 saturated carbocycles. The van der Waals surface area contributed by atoms with Gasteiger partial charge in [0.1, 0.15) is 11.5 Å². The van der Waals surface area contributed by atoms with Crippen molar-refractivity contribution < 1.29 is 0 Å². The summed E-state index contributed by atoms with van der Waals surface area (Å²) >= 11 is 0. The highest BCUT2D eigenvalue weighted by Crippen LogP contribution is 2.51. The summed E-state index contributed by atoms with van der Waals surface area (Å²) in [6.07, 6.45) is 3.69. The van der Waals surface area contributed by atoms with Gasteiger partial charge in [-0.25, -0.2) is 9.97 Å². The number of hydrogen-bond donors (Lipinski definition) is 1. The first kappa shape index (κ1) is 14.8. The normalized spacial score (nSPS) is 27.2. The summed E-state index contributed by atoms with van der Waals surface area (Å²) in [6.45, 7) is 3.47. The highest BCUT2D eigenvalue weighted by atomic mass is 15.5. The maximum absolute atomic E-state index is 4.92. The van der Waals surface area contributed by atoms with Crippen LogP contribution in [0.5, 0.6) is 0 Å². The molecule has 2 aromatic carbocycles. The first-order valence-corrected chi connectivity index (χ1v) is 9.19. The van der Waals surface area contributed by atoms with Gasteiger partial charge in [-0.15, -0.1) is 0 Å². The molecule has 3 heterocycles. The van der Waals surface area contributed by atoms with Crippen molar-refractivity contribution in [2.75, 3.05) is 11.9 Å². The average molecular weight is 330 g/mol. The second-order valence-corrected chi connectivity index (χ2v) is 7.03. The monoisotopic (exact) mass is 330 g/mol. The van der Waals surface area contributed by atoms with Crippen LogP contribution in [-0.4, -0.2) is 33.1 Å². The van der Waals surface area contributed by atoms with Crippen LogP contribution >= 0.6 is 0 Å². The second kappa shape index (κ2) is 5.53. The third-order valence-corrected chi connectivity index (χ3v) is 5.76. The summed E-state index contributed by atoms with van der Waals surface area (Å²) in [4.78, 5) is 12.3. The van der Waals surface area contributed by atoms with Crippen molar-refractivity contribution in [3.63, 3.8) is 0 Å². The molecule has 2 fully saturated rings. The van der Waals surface area contributed by atoms with Gasteiger partial charge in [0.2, 0.25) is 0 Å². The number of hydrogen-bond acceptors (Lipinski definition) is 4. The molecule has 1 N–H and O–H groups in total. The Kier molecular flexibility index (Phi) is 3.28. The van der Waals surface area contributed by atoms with Crippen molar-refractivity contribution in [2.45, 2.75) is 37.9 Å². The molecule has 0 aliphatic carbocycles. The van der Waals surface area contributed by atoms with E-state index in [9.17, 15) is 0 Å². The van der Waals surface area contributed by atoms with Crippen molar-refractivity contribution in [3.8, 4) is 11.4 Å². The van der Waals surface area contributed by atoms with Gasteiger partial charge in [-0.2, -0.15) is 0 Å². The van der Waals surface area contributed by atoms with E-state index in [4.69, 9.17) is 9.97 Å². The number of piperidine rings is 1. The molecule has 2 aliphatic heterocycles. The topological polar surface area (TPSA) is 40.8 Å². The molecule has 4 heteroatoms. The van der Waals surface area contributed by atoms with E-state index in [1.165, 1.54) is 19.4 Å². The van der Waals surface area contributed by atoms with Gasteiger partial charge < -0.3 is 5.32 Å². The van der Waals surface area contributed by atoms with Gasteiger partial charge in [0, 0.05) is 23.5 Å². The minimum atomic E-state index is 0.0866. The number of benzene rings is 2. The highest BCUT2D eigenvalue weighted by Gasteiger charge is 2.63. The van der Waals surface area contributed by atoms with Crippen LogP contribution in [0, 0.1) is 0 Å². The highest BCUT2D eigenvalue weighted by molar-refractivity contribution is 5.91. The quantitative estimate of drug-likeness (QED) is 0.724. The fourth-order valence-electron chi connectivity index (χ4n) is 4.44. The van der Waals surface area contributed by atoms with E-state index < -0.39 is 0 Å². The zero-order valence-corrected chi connectivity index (χ0v) is 14.4. The van der Waals surface area contributed by atoms with Crippen LogP contribution < -0.4 is 5.32 Å². The lowest BCUT2D eigenvalue weighted by atomic mass is 10.1. The number of aromatic nitrogens is 2. The molecule has 126 valence electrons. The summed E-state index contributed by atoms with van der Waals surface area (Å²) in [7, 11) is 0. The van der Waals surface area contributed by atoms with Crippen molar-refractivity contribution in [3.05, 3.63) is 54.6 Å². The molecule has 3 atom stereocenters. The Bertz CT molecular complexity index is 912. The van der Waals surface area contributed by atoms with Crippen molar-refractivity contribution >= 4 is 16.7 Å². The maximum atomic E-state index is 4.92. The van der Waals surface area contributed by atoms with Crippen LogP contribution in [0.3, 0.4) is 0 Å². The smallest absolute Gasteiger partial charge is 0.162 e. The van der Waals surface area contributed by atoms with E-state index in [0.29, 0.717) is 6.04 Å². The van der Waals surface area contributed by atoms with Gasteiger partial charge in [0.15, 0.2) is 5.82 Å². The Labute approximate surface area is 147 Å². The molecular formula is C21H22N4. The Morgan fingerprint density at radius 2 is 1.88 bits per heavy atom. The lowest BCUT2D eigenvalue weighted by molar-refractivity contribution is 0.432. The van der Waals surface area contributed by atoms with Crippen molar-refractivity contribution in [2.24, 2.45) is 0 Å². The zero-order chi connectivity index (χ0) is 16.9. The lowest BCUT2D eigenvalue weighted by Gasteiger charge is -2.22. The Balaban J connectivity index is 1.62. The Morgan fingerprint density at radius 1 is 1.08 bits per heavy atom. The van der Waals surface area contributed by atoms with E-state index in [-0.39, 0.29) is 5.66 Å². The fraction of sp³-hybridized carbons (Fsp3) is 0.333. The van der Waals surface area contributed by atoms with E-state index in [1.807, 2.05) is 24.3 Å². The molecule has 0 radical (unpaired) electrons. The standard InChI is InChI=1S/C21H22N4/c1-2-21(18-13-8-14-25(18)21)24-20-16-11-6-7-12-17(16)22-19(23-20)15-9-4-3-5-10-15/h3-7,9-12,18H,2,8,13-14H2,1H3,(H,22,23,24). The molecule has 2 aliphatic rings. The van der Waals surface area contributed by atoms with Gasteiger partial charge in [-0.3, -0.25) is 4.90 Å². The number of fused-ring (bicyclic) bond motifs is 2. The molecular weight excluding hydrogens is 308 g/mol. The van der Waals surface area contributed by atoms with Gasteiger partial charge in [0.25, 0.3) is 0 Å². The van der Waals surface area contributed by atoms with Crippen LogP contribution in [0.2, 0.25) is 0 Å². The number of nitrogens with one attached hydrogen (secondary N) is 1. The fourth-order valence-corrected chi connectivity index (χ4v) is 4.44. The Hall–Kier alpha value is -2.46. The molecule has 3 aromatic rings. The van der Waals surface area contributed by atoms with Crippen LogP contribution in [0.15, 0.2) is 54.6 Å². The lowest BCUT2D eigenvalue weighted by Crippen LogP contribution is -2.31. The van der Waals surface area contributed by atoms with Gasteiger partial charge in [-0.1, -0.05) is 49.4 Å². The third-order valence-electron chi connectivity index (χ3n) is 5.76. The molecule has 5 rings (SSSR count). The Morgan fingerprint density at radius 3 is 2.64 bits per heavy atom. The summed E-state index contributed by atoms with van der Waals surface area (Å²) in [6, 6.07) is 19.2. The summed E-state index contributed by atoms with van der Waals surface area (Å²) in [5.74, 6) is 1.74. The number of nitrogens with zero attached hydrogens (tertiary/aromatic N) is 3. The second-order valence-electron chi connectivity index (χ2n) is 7.03. The first-order chi connectivity index (χ1) is 12.3. The summed E-state index contributed by atoms with van der Waals surface area (Å²) in [5.41, 5.74) is 2.13. The summed E-state index contributed by atoms with van der Waals surface area (Å²) < 4.78 is 0. The van der Waals surface area contributed by atoms with Gasteiger partial charge in [-0.05, 0) is 31.4 Å². The number of rotatable bonds is 4. The molecule has 2 saturated heterocycles. The molecule has 0 spiro atoms. The van der Waals surface area contributed by atoms with Gasteiger partial charge in [0.05, 0.1) is 5.52 Å². The van der Waals surface area contributed by atoms with Crippen LogP contribution in [-0.2, 0) is 0 Å². The zero-order valence-electron chi connectivity index (χ0n) is 14.4. The van der Waals surface area contributed by atoms with Gasteiger partial charge >= 0.3 is 0 Å². The first-order valence-electron chi connectivity index (χ1n) is 9.19. The van der Waals surface area contributed by atoms with Crippen LogP contribution in [0.1, 0.15) is 26.2 Å². The van der Waals surface area contributed by atoms with Crippen molar-refractivity contribution in [1.82, 2.24) is 14.9 Å². The van der Waals surface area contributed by atoms with Crippen LogP contribution in [0.4, 0.5) is 5.82 Å². The van der Waals surface area contributed by atoms with E-state index in [0.717, 1.165) is 34.5 Å². The predicted octanol–water partition coefficient (Wildman–Crippen LogP) is 4.29. The number of anilines is 1. The third kappa shape index (κ3) is 2.24. The molecule has 4 nitrogen and oxygen atoms in total. The largest absolute Gasteiger partial charge is 0.350 e. The molecule has 0 amide bonds. The van der Waals surface area contributed by atoms with E-state index in [1.54, 1.807) is 0 Å². The SMILES string of the molecule is CCC1(Nc2nc(-c3ccccc3)nc3ccccc23)C2CCCN21. The molecule has 1 aromatic heterocycles. The molecule has 25 heavy (non-hydrogen) atoms. The van der Waals surface area contributed by atoms with E-state index >= 15 is 0 Å². The molecule has 3 unspecified atom stereocenters. The maximum Gasteiger partial charge on any atom is 0.162 e. The minimum absolute atomic E-state index is 0.0866. The average Bonchev–Trinajstić information content (AvgIpc) is 3.02. The summed E-state index contributed by atoms with van der Waals surface area (Å²) in [5, 5.41) is 4.91. The predicted molar refractivity (Wildman–Crippen MR) is 101 cm³/mol. The van der Waals surface area contributed by atoms with Crippen LogP contribution in [0.25, 0.3) is 22.3 Å². The minimum Gasteiger partial charge on any atom is -0.350 e.